The van der Waals surface area contributed by atoms with Crippen LogP contribution in [0.2, 0.25) is 0 Å². The smallest absolute Gasteiger partial charge is 0.236 e. The first-order chi connectivity index (χ1) is 7.16. The minimum absolute atomic E-state index is 0.111. The summed E-state index contributed by atoms with van der Waals surface area (Å²) >= 11 is 0. The van der Waals surface area contributed by atoms with E-state index in [1.54, 1.807) is 0 Å². The maximum atomic E-state index is 11.3. The maximum Gasteiger partial charge on any atom is 0.236 e. The van der Waals surface area contributed by atoms with Crippen LogP contribution in [0.25, 0.3) is 11.0 Å². The van der Waals surface area contributed by atoms with Gasteiger partial charge in [-0.3, -0.25) is 4.72 Å². The summed E-state index contributed by atoms with van der Waals surface area (Å²) in [5.74, 6) is 0.530. The van der Waals surface area contributed by atoms with Crippen LogP contribution in [-0.2, 0) is 16.6 Å². The van der Waals surface area contributed by atoms with Gasteiger partial charge in [0.15, 0.2) is 0 Å². The third-order valence-corrected chi connectivity index (χ3v) is 3.70. The Labute approximate surface area is 86.8 Å². The number of anilines is 1. The lowest BCUT2D eigenvalue weighted by Gasteiger charge is -2.16. The molecule has 0 atom stereocenters. The van der Waals surface area contributed by atoms with Gasteiger partial charge in [0.2, 0.25) is 16.0 Å². The van der Waals surface area contributed by atoms with Crippen molar-refractivity contribution in [1.82, 2.24) is 9.55 Å². The molecule has 3 rings (SSSR count). The van der Waals surface area contributed by atoms with Gasteiger partial charge in [-0.05, 0) is 12.1 Å². The zero-order valence-corrected chi connectivity index (χ0v) is 8.66. The molecule has 0 saturated carbocycles. The van der Waals surface area contributed by atoms with Gasteiger partial charge >= 0.3 is 0 Å². The Morgan fingerprint density at radius 3 is 3.00 bits per heavy atom. The normalized spacial score (nSPS) is 18.4. The number of rotatable bonds is 0. The highest BCUT2D eigenvalue weighted by atomic mass is 32.2. The topological polar surface area (TPSA) is 64.0 Å². The van der Waals surface area contributed by atoms with Gasteiger partial charge in [-0.15, -0.1) is 0 Å². The highest BCUT2D eigenvalue weighted by Gasteiger charge is 2.22. The van der Waals surface area contributed by atoms with E-state index in [4.69, 9.17) is 0 Å². The summed E-state index contributed by atoms with van der Waals surface area (Å²) in [6.45, 7) is 0.463. The van der Waals surface area contributed by atoms with Crippen LogP contribution in [0.3, 0.4) is 0 Å². The standard InChI is InChI=1S/C9H9N3O2S/c13-15(14)6-5-12-8-4-2-1-3-7(8)10-9(12)11-15/h1-4H,5-6H2,(H,10,11). The van der Waals surface area contributed by atoms with Crippen molar-refractivity contribution in [3.8, 4) is 0 Å². The zero-order chi connectivity index (χ0) is 10.5. The number of hydrogen-bond donors (Lipinski definition) is 1. The van der Waals surface area contributed by atoms with E-state index in [-0.39, 0.29) is 5.75 Å². The van der Waals surface area contributed by atoms with Crippen LogP contribution in [0.1, 0.15) is 0 Å². The van der Waals surface area contributed by atoms with Gasteiger partial charge in [0, 0.05) is 6.54 Å². The Morgan fingerprint density at radius 2 is 2.13 bits per heavy atom. The minimum atomic E-state index is -3.18. The van der Waals surface area contributed by atoms with Crippen LogP contribution in [0.15, 0.2) is 24.3 Å². The molecular formula is C9H9N3O2S. The molecule has 0 spiro atoms. The number of nitrogens with one attached hydrogen (secondary N) is 1. The Hall–Kier alpha value is -1.56. The molecule has 1 N–H and O–H groups in total. The summed E-state index contributed by atoms with van der Waals surface area (Å²) in [7, 11) is -3.18. The van der Waals surface area contributed by atoms with Crippen molar-refractivity contribution in [2.24, 2.45) is 0 Å². The van der Waals surface area contributed by atoms with E-state index in [1.165, 1.54) is 0 Å². The molecule has 0 aliphatic carbocycles. The molecule has 1 aromatic carbocycles. The predicted octanol–water partition coefficient (Wildman–Crippen LogP) is 0.792. The average Bonchev–Trinajstić information content (AvgIpc) is 2.52. The van der Waals surface area contributed by atoms with Crippen LogP contribution in [0.4, 0.5) is 5.95 Å². The van der Waals surface area contributed by atoms with Gasteiger partial charge < -0.3 is 4.57 Å². The number of benzene rings is 1. The summed E-state index contributed by atoms with van der Waals surface area (Å²) < 4.78 is 27.0. The van der Waals surface area contributed by atoms with Gasteiger partial charge in [0.05, 0.1) is 16.8 Å². The fourth-order valence-electron chi connectivity index (χ4n) is 1.78. The summed E-state index contributed by atoms with van der Waals surface area (Å²) in [5.41, 5.74) is 1.78. The van der Waals surface area contributed by atoms with E-state index >= 15 is 0 Å². The number of imidazole rings is 1. The Balaban J connectivity index is 2.29. The van der Waals surface area contributed by atoms with E-state index in [2.05, 4.69) is 9.71 Å². The van der Waals surface area contributed by atoms with Crippen molar-refractivity contribution in [3.05, 3.63) is 24.3 Å². The second kappa shape index (κ2) is 2.73. The molecular weight excluding hydrogens is 214 g/mol. The minimum Gasteiger partial charge on any atom is -0.308 e. The fraction of sp³-hybridized carbons (Fsp3) is 0.222. The van der Waals surface area contributed by atoms with Crippen LogP contribution in [-0.4, -0.2) is 23.7 Å². The van der Waals surface area contributed by atoms with Crippen LogP contribution in [0, 0.1) is 0 Å². The molecule has 0 radical (unpaired) electrons. The summed E-state index contributed by atoms with van der Waals surface area (Å²) in [6, 6.07) is 7.61. The molecule has 5 nitrogen and oxygen atoms in total. The molecule has 0 unspecified atom stereocenters. The number of nitrogens with zero attached hydrogens (tertiary/aromatic N) is 2. The predicted molar refractivity (Wildman–Crippen MR) is 57.1 cm³/mol. The van der Waals surface area contributed by atoms with E-state index in [9.17, 15) is 8.42 Å². The largest absolute Gasteiger partial charge is 0.308 e. The second-order valence-corrected chi connectivity index (χ2v) is 5.34. The van der Waals surface area contributed by atoms with Crippen molar-refractivity contribution in [2.45, 2.75) is 6.54 Å². The molecule has 0 bridgehead atoms. The van der Waals surface area contributed by atoms with E-state index in [0.717, 1.165) is 11.0 Å². The summed E-state index contributed by atoms with van der Waals surface area (Å²) in [6.07, 6.45) is 0. The first-order valence-electron chi connectivity index (χ1n) is 4.61. The lowest BCUT2D eigenvalue weighted by molar-refractivity contribution is 0.589. The van der Waals surface area contributed by atoms with Gasteiger partial charge in [-0.1, -0.05) is 12.1 Å². The van der Waals surface area contributed by atoms with Crippen molar-refractivity contribution >= 4 is 27.0 Å². The molecule has 2 aromatic rings. The van der Waals surface area contributed by atoms with Crippen LogP contribution < -0.4 is 4.72 Å². The first-order valence-corrected chi connectivity index (χ1v) is 6.27. The Kier molecular flexibility index (Phi) is 1.59. The Bertz CT molecular complexity index is 630. The Morgan fingerprint density at radius 1 is 1.33 bits per heavy atom. The number of fused-ring (bicyclic) bond motifs is 3. The van der Waals surface area contributed by atoms with Gasteiger partial charge in [0.25, 0.3) is 0 Å². The van der Waals surface area contributed by atoms with Crippen LogP contribution in [0.5, 0.6) is 0 Å². The third-order valence-electron chi connectivity index (χ3n) is 2.48. The van der Waals surface area contributed by atoms with E-state index < -0.39 is 10.0 Å². The average molecular weight is 223 g/mol. The van der Waals surface area contributed by atoms with E-state index in [1.807, 2.05) is 28.8 Å². The van der Waals surface area contributed by atoms with Gasteiger partial charge in [0.1, 0.15) is 0 Å². The van der Waals surface area contributed by atoms with E-state index in [0.29, 0.717) is 12.5 Å². The first kappa shape index (κ1) is 8.72. The summed E-state index contributed by atoms with van der Waals surface area (Å²) in [5, 5.41) is 0. The molecule has 2 heterocycles. The molecule has 1 aromatic heterocycles. The van der Waals surface area contributed by atoms with Crippen molar-refractivity contribution in [1.29, 1.82) is 0 Å². The van der Waals surface area contributed by atoms with Crippen molar-refractivity contribution in [2.75, 3.05) is 10.5 Å². The highest BCUT2D eigenvalue weighted by molar-refractivity contribution is 7.92. The number of para-hydroxylation sites is 2. The third kappa shape index (κ3) is 1.29. The van der Waals surface area contributed by atoms with Crippen LogP contribution >= 0.6 is 0 Å². The fourth-order valence-corrected chi connectivity index (χ4v) is 2.74. The molecule has 78 valence electrons. The number of sulfonamides is 1. The number of aromatic nitrogens is 2. The maximum absolute atomic E-state index is 11.3. The SMILES string of the molecule is O=S1(=O)CCn2c(nc3ccccc32)N1. The lowest BCUT2D eigenvalue weighted by atomic mass is 10.3. The molecule has 0 fully saturated rings. The van der Waals surface area contributed by atoms with Crippen molar-refractivity contribution in [3.63, 3.8) is 0 Å². The molecule has 0 amide bonds. The summed E-state index contributed by atoms with van der Waals surface area (Å²) in [4.78, 5) is 4.22. The van der Waals surface area contributed by atoms with Gasteiger partial charge in [-0.25, -0.2) is 13.4 Å². The molecule has 1 aliphatic heterocycles. The number of hydrogen-bond acceptors (Lipinski definition) is 3. The molecule has 15 heavy (non-hydrogen) atoms. The molecule has 6 heteroatoms. The van der Waals surface area contributed by atoms with Gasteiger partial charge in [-0.2, -0.15) is 0 Å². The molecule has 1 aliphatic rings. The highest BCUT2D eigenvalue weighted by Crippen LogP contribution is 2.23. The quantitative estimate of drug-likeness (QED) is 0.718. The monoisotopic (exact) mass is 223 g/mol. The zero-order valence-electron chi connectivity index (χ0n) is 7.84. The molecule has 0 saturated heterocycles. The second-order valence-electron chi connectivity index (χ2n) is 3.50. The number of aryl methyl sites for hydroxylation is 1. The lowest BCUT2D eigenvalue weighted by Crippen LogP contribution is -2.27. The van der Waals surface area contributed by atoms with Crippen molar-refractivity contribution < 1.29 is 8.42 Å².